The van der Waals surface area contributed by atoms with Gasteiger partial charge in [0.05, 0.1) is 46.2 Å². The number of carbonyl (C=O) groups is 1. The fraction of sp³-hybridized carbons (Fsp3) is 0.857. The highest BCUT2D eigenvalue weighted by Gasteiger charge is 2.10. The molecule has 0 aliphatic heterocycles. The molecule has 0 spiro atoms. The summed E-state index contributed by atoms with van der Waals surface area (Å²) in [6.45, 7) is 12.9. The number of nitrogens with one attached hydrogen (secondary N) is 1. The molecule has 1 amide bonds. The van der Waals surface area contributed by atoms with Crippen LogP contribution in [0.4, 0.5) is 0 Å². The Kier molecular flexibility index (Phi) is 18.8. The van der Waals surface area contributed by atoms with Gasteiger partial charge in [-0.1, -0.05) is 46.0 Å². The monoisotopic (exact) mass is 385 g/mol. The number of ether oxygens (including phenoxy) is 4. The van der Waals surface area contributed by atoms with Crippen molar-refractivity contribution in [3.63, 3.8) is 0 Å². The van der Waals surface area contributed by atoms with Gasteiger partial charge in [-0.05, 0) is 12.8 Å². The smallest absolute Gasteiger partial charge is 0.222 e. The molecular weight excluding hydrogens is 346 g/mol. The van der Waals surface area contributed by atoms with E-state index in [2.05, 4.69) is 37.9 Å². The molecule has 27 heavy (non-hydrogen) atoms. The van der Waals surface area contributed by atoms with Crippen LogP contribution in [-0.4, -0.2) is 65.3 Å². The fourth-order valence-electron chi connectivity index (χ4n) is 2.09. The van der Waals surface area contributed by atoms with Gasteiger partial charge in [0.15, 0.2) is 0 Å². The van der Waals surface area contributed by atoms with Crippen LogP contribution in [0, 0.1) is 23.7 Å². The van der Waals surface area contributed by atoms with Crippen molar-refractivity contribution in [2.24, 2.45) is 11.8 Å². The summed E-state index contributed by atoms with van der Waals surface area (Å²) in [5.74, 6) is 6.72. The van der Waals surface area contributed by atoms with E-state index in [1.54, 1.807) is 0 Å². The van der Waals surface area contributed by atoms with E-state index in [1.165, 1.54) is 0 Å². The molecule has 0 heterocycles. The maximum absolute atomic E-state index is 11.7. The second-order valence-electron chi connectivity index (χ2n) is 6.50. The lowest BCUT2D eigenvalue weighted by Gasteiger charge is -2.11. The third-order valence-electron chi connectivity index (χ3n) is 3.97. The van der Waals surface area contributed by atoms with E-state index in [1.807, 2.05) is 6.92 Å². The van der Waals surface area contributed by atoms with Crippen molar-refractivity contribution in [3.05, 3.63) is 0 Å². The summed E-state index contributed by atoms with van der Waals surface area (Å²) in [6, 6.07) is 0. The van der Waals surface area contributed by atoms with E-state index in [-0.39, 0.29) is 11.8 Å². The number of amides is 1. The molecule has 0 saturated carbocycles. The summed E-state index contributed by atoms with van der Waals surface area (Å²) in [4.78, 5) is 11.7. The summed E-state index contributed by atoms with van der Waals surface area (Å²) in [7, 11) is 0. The minimum atomic E-state index is 0.0708. The molecule has 2 unspecified atom stereocenters. The Morgan fingerprint density at radius 3 is 2.00 bits per heavy atom. The first-order valence-corrected chi connectivity index (χ1v) is 10.2. The first kappa shape index (κ1) is 25.9. The molecule has 2 atom stereocenters. The van der Waals surface area contributed by atoms with E-state index in [9.17, 15) is 4.79 Å². The van der Waals surface area contributed by atoms with Crippen LogP contribution in [0.1, 0.15) is 47.0 Å². The van der Waals surface area contributed by atoms with Crippen molar-refractivity contribution < 1.29 is 23.7 Å². The molecule has 0 aromatic heterocycles. The highest BCUT2D eigenvalue weighted by Crippen LogP contribution is 2.03. The standard InChI is InChI=1S/C21H39NO5/c1-5-8-20(4)21(23)22-10-12-25-14-16-27-18-17-26-15-13-24-11-7-9-19(3)6-2/h19-20H,5-6,8,10-18H2,1-4H3,(H,22,23). The molecule has 0 aliphatic carbocycles. The van der Waals surface area contributed by atoms with Crippen molar-refractivity contribution in [3.8, 4) is 11.8 Å². The third-order valence-corrected chi connectivity index (χ3v) is 3.97. The van der Waals surface area contributed by atoms with E-state index >= 15 is 0 Å². The topological polar surface area (TPSA) is 66.0 Å². The van der Waals surface area contributed by atoms with Crippen LogP contribution in [0.5, 0.6) is 0 Å². The van der Waals surface area contributed by atoms with Gasteiger partial charge in [0.2, 0.25) is 5.91 Å². The Morgan fingerprint density at radius 1 is 0.889 bits per heavy atom. The number of hydrogen-bond donors (Lipinski definition) is 1. The summed E-state index contributed by atoms with van der Waals surface area (Å²) in [6.07, 6.45) is 3.00. The largest absolute Gasteiger partial charge is 0.377 e. The van der Waals surface area contributed by atoms with Crippen LogP contribution in [0.2, 0.25) is 0 Å². The van der Waals surface area contributed by atoms with Crippen molar-refractivity contribution in [2.45, 2.75) is 47.0 Å². The number of hydrogen-bond acceptors (Lipinski definition) is 5. The second kappa shape index (κ2) is 19.6. The van der Waals surface area contributed by atoms with E-state index < -0.39 is 0 Å². The lowest BCUT2D eigenvalue weighted by atomic mass is 10.1. The predicted octanol–water partition coefficient (Wildman–Crippen LogP) is 2.65. The van der Waals surface area contributed by atoms with E-state index in [4.69, 9.17) is 18.9 Å². The minimum absolute atomic E-state index is 0.0708. The van der Waals surface area contributed by atoms with Crippen LogP contribution < -0.4 is 5.32 Å². The molecule has 158 valence electrons. The van der Waals surface area contributed by atoms with Gasteiger partial charge in [-0.15, -0.1) is 0 Å². The zero-order valence-electron chi connectivity index (χ0n) is 17.7. The lowest BCUT2D eigenvalue weighted by molar-refractivity contribution is -0.124. The maximum Gasteiger partial charge on any atom is 0.222 e. The van der Waals surface area contributed by atoms with Gasteiger partial charge >= 0.3 is 0 Å². The van der Waals surface area contributed by atoms with E-state index in [0.717, 1.165) is 19.3 Å². The highest BCUT2D eigenvalue weighted by atomic mass is 16.6. The maximum atomic E-state index is 11.7. The van der Waals surface area contributed by atoms with Crippen LogP contribution in [-0.2, 0) is 23.7 Å². The highest BCUT2D eigenvalue weighted by molar-refractivity contribution is 5.78. The van der Waals surface area contributed by atoms with Gasteiger partial charge in [0, 0.05) is 18.4 Å². The van der Waals surface area contributed by atoms with Crippen molar-refractivity contribution >= 4 is 5.91 Å². The second-order valence-corrected chi connectivity index (χ2v) is 6.50. The van der Waals surface area contributed by atoms with Crippen LogP contribution in [0.3, 0.4) is 0 Å². The molecular formula is C21H39NO5. The third kappa shape index (κ3) is 18.0. The van der Waals surface area contributed by atoms with Gasteiger partial charge in [-0.3, -0.25) is 4.79 Å². The average molecular weight is 386 g/mol. The minimum Gasteiger partial charge on any atom is -0.377 e. The number of rotatable bonds is 17. The molecule has 0 aromatic carbocycles. The van der Waals surface area contributed by atoms with Gasteiger partial charge in [-0.25, -0.2) is 0 Å². The Balaban J connectivity index is 3.23. The van der Waals surface area contributed by atoms with Gasteiger partial charge < -0.3 is 24.3 Å². The van der Waals surface area contributed by atoms with Crippen LogP contribution in [0.15, 0.2) is 0 Å². The molecule has 0 aromatic rings. The fourth-order valence-corrected chi connectivity index (χ4v) is 2.09. The molecule has 0 radical (unpaired) electrons. The van der Waals surface area contributed by atoms with Crippen LogP contribution >= 0.6 is 0 Å². The Morgan fingerprint density at radius 2 is 1.44 bits per heavy atom. The lowest BCUT2D eigenvalue weighted by Crippen LogP contribution is -2.32. The molecule has 0 bridgehead atoms. The molecule has 6 heteroatoms. The Labute approximate surface area is 165 Å². The van der Waals surface area contributed by atoms with Gasteiger partial charge in [0.1, 0.15) is 6.61 Å². The van der Waals surface area contributed by atoms with Crippen molar-refractivity contribution in [2.75, 3.05) is 59.4 Å². The van der Waals surface area contributed by atoms with Crippen LogP contribution in [0.25, 0.3) is 0 Å². The first-order valence-electron chi connectivity index (χ1n) is 10.2. The van der Waals surface area contributed by atoms with Gasteiger partial charge in [0.25, 0.3) is 0 Å². The SMILES string of the molecule is CCCC(C)C(=O)NCCOCCOCCOCCOCC#CC(C)CC. The molecule has 1 N–H and O–H groups in total. The summed E-state index contributed by atoms with van der Waals surface area (Å²) < 4.78 is 21.6. The zero-order chi connectivity index (χ0) is 20.2. The summed E-state index contributed by atoms with van der Waals surface area (Å²) in [5, 5.41) is 2.87. The molecule has 6 nitrogen and oxygen atoms in total. The summed E-state index contributed by atoms with van der Waals surface area (Å²) >= 11 is 0. The average Bonchev–Trinajstić information content (AvgIpc) is 2.67. The van der Waals surface area contributed by atoms with E-state index in [0.29, 0.717) is 65.3 Å². The first-order chi connectivity index (χ1) is 13.1. The van der Waals surface area contributed by atoms with Crippen molar-refractivity contribution in [1.82, 2.24) is 5.32 Å². The molecule has 0 rings (SSSR count). The normalized spacial score (nSPS) is 12.9. The Hall–Kier alpha value is -1.13. The molecule has 0 aliphatic rings. The Bertz CT molecular complexity index is 405. The summed E-state index contributed by atoms with van der Waals surface area (Å²) in [5.41, 5.74) is 0. The predicted molar refractivity (Wildman–Crippen MR) is 108 cm³/mol. The molecule has 0 saturated heterocycles. The molecule has 0 fully saturated rings. The quantitative estimate of drug-likeness (QED) is 0.308. The zero-order valence-corrected chi connectivity index (χ0v) is 17.7. The van der Waals surface area contributed by atoms with Crippen molar-refractivity contribution in [1.29, 1.82) is 0 Å². The number of carbonyl (C=O) groups excluding carboxylic acids is 1. The van der Waals surface area contributed by atoms with Gasteiger partial charge in [-0.2, -0.15) is 0 Å².